The van der Waals surface area contributed by atoms with Gasteiger partial charge in [-0.1, -0.05) is 0 Å². The minimum atomic E-state index is -1.23. The second kappa shape index (κ2) is 11.1. The number of aliphatic imine (C=N–C) groups is 1. The summed E-state index contributed by atoms with van der Waals surface area (Å²) in [4.78, 5) is 18.3. The summed E-state index contributed by atoms with van der Waals surface area (Å²) < 4.78 is 16.1. The van der Waals surface area contributed by atoms with Crippen molar-refractivity contribution in [1.29, 1.82) is 0 Å². The van der Waals surface area contributed by atoms with Crippen LogP contribution in [-0.2, 0) is 16.8 Å². The minimum absolute atomic E-state index is 0.137. The number of amides is 1. The third-order valence-electron chi connectivity index (χ3n) is 5.42. The molecule has 0 saturated carbocycles. The third-order valence-corrected chi connectivity index (χ3v) is 5.42. The van der Waals surface area contributed by atoms with Gasteiger partial charge in [0.1, 0.15) is 22.9 Å². The van der Waals surface area contributed by atoms with Gasteiger partial charge in [-0.15, -0.1) is 0 Å². The number of carbonyl (C=O) groups is 1. The Morgan fingerprint density at radius 3 is 2.75 bits per heavy atom. The number of nitrogens with zero attached hydrogens (tertiary/aromatic N) is 2. The molecule has 32 heavy (non-hydrogen) atoms. The fourth-order valence-corrected chi connectivity index (χ4v) is 3.56. The molecule has 9 heteroatoms. The summed E-state index contributed by atoms with van der Waals surface area (Å²) in [6.07, 6.45) is 3.67. The number of likely N-dealkylation sites (tertiary alicyclic amines) is 1. The van der Waals surface area contributed by atoms with Crippen molar-refractivity contribution in [2.45, 2.75) is 51.7 Å². The van der Waals surface area contributed by atoms with Crippen LogP contribution in [0.4, 0.5) is 4.79 Å². The molecule has 176 valence electrons. The maximum Gasteiger partial charge on any atom is 0.409 e. The van der Waals surface area contributed by atoms with Gasteiger partial charge in [-0.25, -0.2) is 9.79 Å². The molecule has 2 aromatic rings. The molecule has 1 amide bonds. The fourth-order valence-electron chi connectivity index (χ4n) is 3.56. The van der Waals surface area contributed by atoms with Crippen molar-refractivity contribution in [1.82, 2.24) is 15.5 Å². The van der Waals surface area contributed by atoms with Crippen LogP contribution in [0.2, 0.25) is 0 Å². The van der Waals surface area contributed by atoms with Gasteiger partial charge in [-0.05, 0) is 57.9 Å². The second-order valence-corrected chi connectivity index (χ2v) is 8.21. The van der Waals surface area contributed by atoms with Gasteiger partial charge in [0.05, 0.1) is 19.4 Å². The summed E-state index contributed by atoms with van der Waals surface area (Å²) >= 11 is 0. The van der Waals surface area contributed by atoms with Crippen molar-refractivity contribution in [3.05, 3.63) is 47.8 Å². The van der Waals surface area contributed by atoms with Crippen molar-refractivity contribution < 1.29 is 23.5 Å². The molecular formula is C23H34N4O5. The summed E-state index contributed by atoms with van der Waals surface area (Å²) in [6, 6.07) is 7.55. The first kappa shape index (κ1) is 23.7. The fraction of sp³-hybridized carbons (Fsp3) is 0.565. The molecule has 3 rings (SSSR count). The van der Waals surface area contributed by atoms with Crippen LogP contribution in [0.3, 0.4) is 0 Å². The molecule has 0 spiro atoms. The summed E-state index contributed by atoms with van der Waals surface area (Å²) in [7, 11) is 0. The van der Waals surface area contributed by atoms with Gasteiger partial charge in [0.15, 0.2) is 5.96 Å². The number of rotatable bonds is 8. The zero-order valence-corrected chi connectivity index (χ0v) is 19.1. The average Bonchev–Trinajstić information content (AvgIpc) is 3.45. The number of hydrogen-bond donors (Lipinski definition) is 3. The number of hydrogen-bond acceptors (Lipinski definition) is 6. The van der Waals surface area contributed by atoms with E-state index in [2.05, 4.69) is 15.6 Å². The number of aryl methyl sites for hydroxylation is 1. The lowest BCUT2D eigenvalue weighted by atomic mass is 10.0. The lowest BCUT2D eigenvalue weighted by Crippen LogP contribution is -2.50. The van der Waals surface area contributed by atoms with Crippen LogP contribution in [0, 0.1) is 6.92 Å². The van der Waals surface area contributed by atoms with Crippen LogP contribution < -0.4 is 10.6 Å². The van der Waals surface area contributed by atoms with Crippen molar-refractivity contribution in [2.24, 2.45) is 4.99 Å². The van der Waals surface area contributed by atoms with E-state index in [0.29, 0.717) is 44.4 Å². The van der Waals surface area contributed by atoms with E-state index in [-0.39, 0.29) is 18.7 Å². The largest absolute Gasteiger partial charge is 0.469 e. The lowest BCUT2D eigenvalue weighted by Gasteiger charge is -2.32. The van der Waals surface area contributed by atoms with Gasteiger partial charge in [-0.3, -0.25) is 0 Å². The Balaban J connectivity index is 1.60. The van der Waals surface area contributed by atoms with Crippen LogP contribution in [0.1, 0.15) is 44.0 Å². The number of furan rings is 2. The predicted molar refractivity (Wildman–Crippen MR) is 120 cm³/mol. The van der Waals surface area contributed by atoms with Crippen LogP contribution in [0.25, 0.3) is 0 Å². The van der Waals surface area contributed by atoms with Crippen LogP contribution >= 0.6 is 0 Å². The topological polar surface area (TPSA) is 112 Å². The molecule has 1 aliphatic rings. The highest BCUT2D eigenvalue weighted by molar-refractivity contribution is 5.80. The molecule has 3 heterocycles. The van der Waals surface area contributed by atoms with E-state index >= 15 is 0 Å². The number of piperidine rings is 1. The first-order valence-corrected chi connectivity index (χ1v) is 11.2. The zero-order chi connectivity index (χ0) is 23.0. The molecule has 3 N–H and O–H groups in total. The Hall–Kier alpha value is -2.94. The van der Waals surface area contributed by atoms with E-state index in [9.17, 15) is 9.90 Å². The summed E-state index contributed by atoms with van der Waals surface area (Å²) in [6.45, 7) is 7.73. The van der Waals surface area contributed by atoms with Crippen LogP contribution in [-0.4, -0.2) is 60.9 Å². The molecule has 0 bridgehead atoms. The molecule has 2 aromatic heterocycles. The highest BCUT2D eigenvalue weighted by Gasteiger charge is 2.28. The smallest absolute Gasteiger partial charge is 0.409 e. The first-order chi connectivity index (χ1) is 15.4. The molecule has 1 aliphatic heterocycles. The van der Waals surface area contributed by atoms with Crippen molar-refractivity contribution >= 4 is 12.1 Å². The standard InChI is InChI=1S/C23H34N4O5/c1-4-30-22(28)27-13-10-18(11-14-27)26-21(24-12-9-19-6-5-15-31-19)25-16-23(3,29)20-8-7-17(2)32-20/h5-8,15,18,29H,4,9-14,16H2,1-3H3,(H2,24,25,26). The highest BCUT2D eigenvalue weighted by atomic mass is 16.6. The van der Waals surface area contributed by atoms with Gasteiger partial charge < -0.3 is 34.2 Å². The van der Waals surface area contributed by atoms with Crippen molar-refractivity contribution in [2.75, 3.05) is 32.8 Å². The molecule has 1 atom stereocenters. The molecule has 1 unspecified atom stereocenters. The van der Waals surface area contributed by atoms with E-state index in [1.54, 1.807) is 24.2 Å². The van der Waals surface area contributed by atoms with E-state index < -0.39 is 5.60 Å². The molecule has 0 aliphatic carbocycles. The molecular weight excluding hydrogens is 412 g/mol. The molecule has 0 aromatic carbocycles. The highest BCUT2D eigenvalue weighted by Crippen LogP contribution is 2.23. The first-order valence-electron chi connectivity index (χ1n) is 11.2. The number of guanidine groups is 1. The number of nitrogens with one attached hydrogen (secondary N) is 2. The predicted octanol–water partition coefficient (Wildman–Crippen LogP) is 2.79. The number of aliphatic hydroxyl groups is 1. The van der Waals surface area contributed by atoms with E-state index in [1.165, 1.54) is 0 Å². The molecule has 0 radical (unpaired) electrons. The Morgan fingerprint density at radius 2 is 2.12 bits per heavy atom. The average molecular weight is 447 g/mol. The number of ether oxygens (including phenoxy) is 1. The van der Waals surface area contributed by atoms with Gasteiger partial charge >= 0.3 is 6.09 Å². The monoisotopic (exact) mass is 446 g/mol. The maximum atomic E-state index is 11.9. The second-order valence-electron chi connectivity index (χ2n) is 8.21. The third kappa shape index (κ3) is 6.78. The van der Waals surface area contributed by atoms with Crippen LogP contribution in [0.5, 0.6) is 0 Å². The Bertz CT molecular complexity index is 867. The van der Waals surface area contributed by atoms with Gasteiger partial charge in [0.25, 0.3) is 0 Å². The maximum absolute atomic E-state index is 11.9. The molecule has 1 fully saturated rings. The van der Waals surface area contributed by atoms with Crippen molar-refractivity contribution in [3.8, 4) is 0 Å². The summed E-state index contributed by atoms with van der Waals surface area (Å²) in [5, 5.41) is 17.6. The Kier molecular flexibility index (Phi) is 8.21. The normalized spacial score (nSPS) is 17.1. The van der Waals surface area contributed by atoms with Gasteiger partial charge in [0, 0.05) is 32.1 Å². The Labute approximate surface area is 188 Å². The summed E-state index contributed by atoms with van der Waals surface area (Å²) in [5.41, 5.74) is -1.23. The summed E-state index contributed by atoms with van der Waals surface area (Å²) in [5.74, 6) is 2.72. The molecule has 9 nitrogen and oxygen atoms in total. The van der Waals surface area contributed by atoms with E-state index in [0.717, 1.165) is 24.4 Å². The SMILES string of the molecule is CCOC(=O)N1CCC(NC(=NCC(C)(O)c2ccc(C)o2)NCCc2ccco2)CC1. The quantitative estimate of drug-likeness (QED) is 0.422. The van der Waals surface area contributed by atoms with Crippen LogP contribution in [0.15, 0.2) is 44.4 Å². The van der Waals surface area contributed by atoms with Gasteiger partial charge in [0.2, 0.25) is 0 Å². The Morgan fingerprint density at radius 1 is 1.34 bits per heavy atom. The van der Waals surface area contributed by atoms with E-state index in [1.807, 2.05) is 32.0 Å². The molecule has 1 saturated heterocycles. The zero-order valence-electron chi connectivity index (χ0n) is 19.1. The van der Waals surface area contributed by atoms with E-state index in [4.69, 9.17) is 13.6 Å². The van der Waals surface area contributed by atoms with Crippen molar-refractivity contribution in [3.63, 3.8) is 0 Å². The van der Waals surface area contributed by atoms with Gasteiger partial charge in [-0.2, -0.15) is 0 Å². The lowest BCUT2D eigenvalue weighted by molar-refractivity contribution is 0.0428. The number of carbonyl (C=O) groups excluding carboxylic acids is 1. The minimum Gasteiger partial charge on any atom is -0.469 e.